The van der Waals surface area contributed by atoms with Crippen molar-refractivity contribution < 1.29 is 23.5 Å². The molecule has 0 amide bonds. The summed E-state index contributed by atoms with van der Waals surface area (Å²) in [5, 5.41) is 0.938. The second kappa shape index (κ2) is 11.0. The third kappa shape index (κ3) is 5.68. The first-order chi connectivity index (χ1) is 16.9. The molecule has 35 heavy (non-hydrogen) atoms. The number of carbonyl (C=O) groups excluding carboxylic acids is 2. The van der Waals surface area contributed by atoms with E-state index < -0.39 is 5.63 Å². The number of aryl methyl sites for hydroxylation is 1. The van der Waals surface area contributed by atoms with Gasteiger partial charge in [0.05, 0.1) is 11.6 Å². The Morgan fingerprint density at radius 2 is 1.83 bits per heavy atom. The number of carbonyl (C=O) groups is 2. The Morgan fingerprint density at radius 3 is 2.51 bits per heavy atom. The Morgan fingerprint density at radius 1 is 1.11 bits per heavy atom. The normalized spacial score (nSPS) is 13.3. The Bertz CT molecular complexity index is 1290. The maximum absolute atomic E-state index is 12.7. The fourth-order valence-electron chi connectivity index (χ4n) is 4.31. The van der Waals surface area contributed by atoms with Crippen LogP contribution in [0, 0.1) is 6.92 Å². The van der Waals surface area contributed by atoms with Gasteiger partial charge in [-0.2, -0.15) is 0 Å². The number of hydrogen-bond donors (Lipinski definition) is 0. The molecule has 0 unspecified atom stereocenters. The summed E-state index contributed by atoms with van der Waals surface area (Å²) in [5.74, 6) is -0.298. The fraction of sp³-hybridized carbons (Fsp3) is 0.370. The third-order valence-corrected chi connectivity index (χ3v) is 6.54. The number of ether oxygens (including phenoxy) is 2. The maximum atomic E-state index is 12.7. The first-order valence-electron chi connectivity index (χ1n) is 11.8. The minimum atomic E-state index is -0.526. The van der Waals surface area contributed by atoms with Gasteiger partial charge in [-0.1, -0.05) is 11.6 Å². The molecule has 4 rings (SSSR count). The predicted octanol–water partition coefficient (Wildman–Crippen LogP) is 5.11. The molecule has 2 heterocycles. The Hall–Kier alpha value is -3.32. The van der Waals surface area contributed by atoms with E-state index in [1.165, 1.54) is 18.9 Å². The summed E-state index contributed by atoms with van der Waals surface area (Å²) in [4.78, 5) is 39.2. The predicted molar refractivity (Wildman–Crippen MR) is 135 cm³/mol. The molecule has 184 valence electrons. The SMILES string of the molecule is CCOC(=O)CCc1c(C)c2cc(Cl)c(OCC(=O)c3ccc(N4CCCC4)cc3)cc2oc1=O. The van der Waals surface area contributed by atoms with Gasteiger partial charge in [0.15, 0.2) is 12.4 Å². The molecule has 1 aromatic heterocycles. The number of hydrogen-bond acceptors (Lipinski definition) is 7. The minimum Gasteiger partial charge on any atom is -0.484 e. The molecule has 0 spiro atoms. The summed E-state index contributed by atoms with van der Waals surface area (Å²) in [6.45, 7) is 5.68. The van der Waals surface area contributed by atoms with Crippen molar-refractivity contribution in [3.05, 3.63) is 68.5 Å². The summed E-state index contributed by atoms with van der Waals surface area (Å²) >= 11 is 6.42. The number of nitrogens with zero attached hydrogens (tertiary/aromatic N) is 1. The van der Waals surface area contributed by atoms with Crippen LogP contribution in [0.5, 0.6) is 5.75 Å². The zero-order chi connectivity index (χ0) is 24.9. The number of halogens is 1. The average molecular weight is 498 g/mol. The summed E-state index contributed by atoms with van der Waals surface area (Å²) in [6, 6.07) is 10.7. The van der Waals surface area contributed by atoms with Crippen molar-refractivity contribution in [3.63, 3.8) is 0 Å². The van der Waals surface area contributed by atoms with Gasteiger partial charge < -0.3 is 18.8 Å². The number of ketones is 1. The van der Waals surface area contributed by atoms with Gasteiger partial charge in [-0.25, -0.2) is 4.79 Å². The van der Waals surface area contributed by atoms with Crippen molar-refractivity contribution in [3.8, 4) is 5.75 Å². The molecular weight excluding hydrogens is 470 g/mol. The van der Waals surface area contributed by atoms with Gasteiger partial charge in [0.1, 0.15) is 11.3 Å². The summed E-state index contributed by atoms with van der Waals surface area (Å²) in [7, 11) is 0. The molecule has 1 fully saturated rings. The lowest BCUT2D eigenvalue weighted by molar-refractivity contribution is -0.143. The van der Waals surface area contributed by atoms with Crippen LogP contribution in [0.25, 0.3) is 11.0 Å². The average Bonchev–Trinajstić information content (AvgIpc) is 3.38. The van der Waals surface area contributed by atoms with Crippen molar-refractivity contribution in [1.82, 2.24) is 0 Å². The van der Waals surface area contributed by atoms with Crippen molar-refractivity contribution in [2.24, 2.45) is 0 Å². The Balaban J connectivity index is 1.47. The Kier molecular flexibility index (Phi) is 7.76. The fourth-order valence-corrected chi connectivity index (χ4v) is 4.53. The van der Waals surface area contributed by atoms with E-state index in [2.05, 4.69) is 4.90 Å². The molecule has 0 saturated carbocycles. The van der Waals surface area contributed by atoms with Crippen molar-refractivity contribution in [2.75, 3.05) is 31.2 Å². The van der Waals surface area contributed by atoms with Crippen molar-refractivity contribution >= 4 is 40.0 Å². The number of Topliss-reactive ketones (excluding diaryl/α,β-unsaturated/α-hetero) is 1. The zero-order valence-corrected chi connectivity index (χ0v) is 20.7. The van der Waals surface area contributed by atoms with Gasteiger partial charge in [0.2, 0.25) is 0 Å². The van der Waals surface area contributed by atoms with Gasteiger partial charge in [0, 0.05) is 47.8 Å². The molecule has 0 N–H and O–H groups in total. The van der Waals surface area contributed by atoms with Gasteiger partial charge in [-0.3, -0.25) is 9.59 Å². The minimum absolute atomic E-state index is 0.0843. The van der Waals surface area contributed by atoms with Crippen molar-refractivity contribution in [1.29, 1.82) is 0 Å². The molecule has 1 aliphatic heterocycles. The molecule has 2 aromatic carbocycles. The number of fused-ring (bicyclic) bond motifs is 1. The van der Waals surface area contributed by atoms with Crippen LogP contribution in [0.1, 0.15) is 47.7 Å². The highest BCUT2D eigenvalue weighted by Crippen LogP contribution is 2.32. The third-order valence-electron chi connectivity index (χ3n) is 6.24. The highest BCUT2D eigenvalue weighted by molar-refractivity contribution is 6.32. The van der Waals surface area contributed by atoms with Crippen LogP contribution in [-0.2, 0) is 16.0 Å². The topological polar surface area (TPSA) is 86.1 Å². The van der Waals surface area contributed by atoms with E-state index in [1.807, 2.05) is 24.3 Å². The van der Waals surface area contributed by atoms with E-state index in [0.29, 0.717) is 32.7 Å². The summed E-state index contributed by atoms with van der Waals surface area (Å²) in [5.41, 5.74) is 2.53. The zero-order valence-electron chi connectivity index (χ0n) is 19.9. The van der Waals surface area contributed by atoms with Crippen LogP contribution in [0.2, 0.25) is 5.02 Å². The van der Waals surface area contributed by atoms with Gasteiger partial charge >= 0.3 is 11.6 Å². The molecule has 0 aliphatic carbocycles. The maximum Gasteiger partial charge on any atom is 0.339 e. The lowest BCUT2D eigenvalue weighted by Crippen LogP contribution is -2.18. The summed E-state index contributed by atoms with van der Waals surface area (Å²) < 4.78 is 16.1. The van der Waals surface area contributed by atoms with E-state index in [9.17, 15) is 14.4 Å². The highest BCUT2D eigenvalue weighted by Gasteiger charge is 2.17. The van der Waals surface area contributed by atoms with Crippen LogP contribution in [-0.4, -0.2) is 38.1 Å². The standard InChI is InChI=1S/C27H28ClNO6/c1-3-33-26(31)11-10-20-17(2)21-14-22(28)25(15-24(21)35-27(20)32)34-16-23(30)18-6-8-19(9-7-18)29-12-4-5-13-29/h6-9,14-15H,3-5,10-13,16H2,1-2H3. The number of rotatable bonds is 9. The molecule has 7 nitrogen and oxygen atoms in total. The molecule has 3 aromatic rings. The van der Waals surface area contributed by atoms with Crippen LogP contribution in [0.3, 0.4) is 0 Å². The monoisotopic (exact) mass is 497 g/mol. The van der Waals surface area contributed by atoms with Crippen LogP contribution < -0.4 is 15.3 Å². The molecule has 0 radical (unpaired) electrons. The lowest BCUT2D eigenvalue weighted by atomic mass is 10.0. The van der Waals surface area contributed by atoms with Crippen LogP contribution >= 0.6 is 11.6 Å². The van der Waals surface area contributed by atoms with Gasteiger partial charge in [-0.05, 0) is 69.0 Å². The van der Waals surface area contributed by atoms with Crippen molar-refractivity contribution in [2.45, 2.75) is 39.5 Å². The van der Waals surface area contributed by atoms with E-state index in [0.717, 1.165) is 18.8 Å². The molecule has 0 atom stereocenters. The second-order valence-corrected chi connectivity index (χ2v) is 8.94. The molecule has 8 heteroatoms. The summed E-state index contributed by atoms with van der Waals surface area (Å²) in [6.07, 6.45) is 2.68. The number of esters is 1. The smallest absolute Gasteiger partial charge is 0.339 e. The van der Waals surface area contributed by atoms with Gasteiger partial charge in [0.25, 0.3) is 0 Å². The van der Waals surface area contributed by atoms with E-state index in [-0.39, 0.29) is 43.6 Å². The number of anilines is 1. The van der Waals surface area contributed by atoms with Crippen LogP contribution in [0.15, 0.2) is 45.6 Å². The quantitative estimate of drug-likeness (QED) is 0.230. The number of benzene rings is 2. The second-order valence-electron chi connectivity index (χ2n) is 8.53. The van der Waals surface area contributed by atoms with E-state index >= 15 is 0 Å². The molecule has 1 saturated heterocycles. The molecule has 1 aliphatic rings. The van der Waals surface area contributed by atoms with E-state index in [4.69, 9.17) is 25.5 Å². The lowest BCUT2D eigenvalue weighted by Gasteiger charge is -2.17. The highest BCUT2D eigenvalue weighted by atomic mass is 35.5. The molecular formula is C27H28ClNO6. The first-order valence-corrected chi connectivity index (χ1v) is 12.2. The van der Waals surface area contributed by atoms with Gasteiger partial charge in [-0.15, -0.1) is 0 Å². The first kappa shape index (κ1) is 24.8. The van der Waals surface area contributed by atoms with E-state index in [1.54, 1.807) is 19.9 Å². The largest absolute Gasteiger partial charge is 0.484 e. The van der Waals surface area contributed by atoms with Crippen LogP contribution in [0.4, 0.5) is 5.69 Å². The molecule has 0 bridgehead atoms. The Labute approximate surface area is 208 Å².